The highest BCUT2D eigenvalue weighted by molar-refractivity contribution is 6.35. The third-order valence-electron chi connectivity index (χ3n) is 5.50. The zero-order valence-electron chi connectivity index (χ0n) is 16.9. The Morgan fingerprint density at radius 1 is 1.19 bits per heavy atom. The van der Waals surface area contributed by atoms with Crippen molar-refractivity contribution in [2.24, 2.45) is 5.92 Å². The minimum atomic E-state index is -0.170. The van der Waals surface area contributed by atoms with Gasteiger partial charge in [0.2, 0.25) is 0 Å². The molecule has 0 N–H and O–H groups in total. The molecule has 0 spiro atoms. The number of ether oxygens (including phenoxy) is 1. The van der Waals surface area contributed by atoms with E-state index in [2.05, 4.69) is 17.9 Å². The Morgan fingerprint density at radius 2 is 1.96 bits per heavy atom. The summed E-state index contributed by atoms with van der Waals surface area (Å²) < 4.78 is 5.10. The SMILES string of the molecule is COCCCN1C(=O)C(c2ccc(C)cc2C)=C(N2CCCC(C)C2)C1=O. The topological polar surface area (TPSA) is 49.9 Å². The average molecular weight is 370 g/mol. The maximum atomic E-state index is 13.3. The number of piperidine rings is 1. The normalized spacial score (nSPS) is 20.8. The highest BCUT2D eigenvalue weighted by Crippen LogP contribution is 2.35. The Bertz CT molecular complexity index is 769. The molecular formula is C22H30N2O3. The van der Waals surface area contributed by atoms with Gasteiger partial charge in [0.05, 0.1) is 5.57 Å². The third-order valence-corrected chi connectivity index (χ3v) is 5.50. The van der Waals surface area contributed by atoms with Crippen LogP contribution < -0.4 is 0 Å². The fraction of sp³-hybridized carbons (Fsp3) is 0.545. The molecule has 2 aliphatic heterocycles. The van der Waals surface area contributed by atoms with Crippen LogP contribution in [0.5, 0.6) is 0 Å². The number of methoxy groups -OCH3 is 1. The number of aryl methyl sites for hydroxylation is 2. The van der Waals surface area contributed by atoms with Gasteiger partial charge in [-0.05, 0) is 50.2 Å². The molecule has 1 saturated heterocycles. The lowest BCUT2D eigenvalue weighted by Gasteiger charge is -2.33. The van der Waals surface area contributed by atoms with Gasteiger partial charge in [0.25, 0.3) is 11.8 Å². The molecule has 1 aromatic carbocycles. The number of nitrogens with zero attached hydrogens (tertiary/aromatic N) is 2. The predicted molar refractivity (Wildman–Crippen MR) is 106 cm³/mol. The van der Waals surface area contributed by atoms with Crippen LogP contribution in [0, 0.1) is 19.8 Å². The van der Waals surface area contributed by atoms with E-state index in [9.17, 15) is 9.59 Å². The van der Waals surface area contributed by atoms with Crippen LogP contribution in [0.1, 0.15) is 42.9 Å². The number of hydrogen-bond donors (Lipinski definition) is 0. The number of hydrogen-bond acceptors (Lipinski definition) is 4. The standard InChI is InChI=1S/C22H30N2O3/c1-15-8-9-18(17(3)13-15)19-20(23-10-5-7-16(2)14-23)22(26)24(21(19)25)11-6-12-27-4/h8-9,13,16H,5-7,10-12,14H2,1-4H3. The van der Waals surface area contributed by atoms with Gasteiger partial charge < -0.3 is 9.64 Å². The second kappa shape index (κ2) is 8.26. The Morgan fingerprint density at radius 3 is 2.63 bits per heavy atom. The molecular weight excluding hydrogens is 340 g/mol. The van der Waals surface area contributed by atoms with E-state index in [-0.39, 0.29) is 11.8 Å². The zero-order valence-corrected chi connectivity index (χ0v) is 16.9. The lowest BCUT2D eigenvalue weighted by atomic mass is 9.95. The van der Waals surface area contributed by atoms with E-state index in [1.165, 1.54) is 11.3 Å². The zero-order chi connectivity index (χ0) is 19.6. The second-order valence-corrected chi connectivity index (χ2v) is 7.84. The fourth-order valence-corrected chi connectivity index (χ4v) is 4.16. The van der Waals surface area contributed by atoms with Crippen LogP contribution in [0.25, 0.3) is 5.57 Å². The molecule has 2 aliphatic rings. The van der Waals surface area contributed by atoms with Crippen LogP contribution >= 0.6 is 0 Å². The predicted octanol–water partition coefficient (Wildman–Crippen LogP) is 3.15. The summed E-state index contributed by atoms with van der Waals surface area (Å²) in [7, 11) is 1.63. The summed E-state index contributed by atoms with van der Waals surface area (Å²) in [6.45, 7) is 8.85. The van der Waals surface area contributed by atoms with Crippen LogP contribution in [0.15, 0.2) is 23.9 Å². The van der Waals surface area contributed by atoms with Crippen molar-refractivity contribution >= 4 is 17.4 Å². The lowest BCUT2D eigenvalue weighted by molar-refractivity contribution is -0.137. The van der Waals surface area contributed by atoms with Gasteiger partial charge in [-0.1, -0.05) is 30.7 Å². The van der Waals surface area contributed by atoms with Gasteiger partial charge in [0.15, 0.2) is 0 Å². The summed E-state index contributed by atoms with van der Waals surface area (Å²) in [5, 5.41) is 0. The van der Waals surface area contributed by atoms with Crippen molar-refractivity contribution < 1.29 is 14.3 Å². The van der Waals surface area contributed by atoms with E-state index >= 15 is 0 Å². The largest absolute Gasteiger partial charge is 0.385 e. The van der Waals surface area contributed by atoms with Gasteiger partial charge in [-0.2, -0.15) is 0 Å². The number of amides is 2. The summed E-state index contributed by atoms with van der Waals surface area (Å²) in [5.41, 5.74) is 4.23. The molecule has 0 aromatic heterocycles. The Kier molecular flexibility index (Phi) is 6.00. The molecule has 0 aliphatic carbocycles. The van der Waals surface area contributed by atoms with Gasteiger partial charge >= 0.3 is 0 Å². The van der Waals surface area contributed by atoms with Crippen molar-refractivity contribution in [3.05, 3.63) is 40.6 Å². The summed E-state index contributed by atoms with van der Waals surface area (Å²) in [6, 6.07) is 6.07. The van der Waals surface area contributed by atoms with Gasteiger partial charge in [0, 0.05) is 33.4 Å². The van der Waals surface area contributed by atoms with Crippen molar-refractivity contribution in [2.75, 3.05) is 33.4 Å². The Balaban J connectivity index is 2.03. The number of benzene rings is 1. The quantitative estimate of drug-likeness (QED) is 0.570. The molecule has 1 fully saturated rings. The minimum Gasteiger partial charge on any atom is -0.385 e. The first-order chi connectivity index (χ1) is 12.9. The minimum absolute atomic E-state index is 0.153. The summed E-state index contributed by atoms with van der Waals surface area (Å²) in [4.78, 5) is 30.0. The molecule has 1 aromatic rings. The molecule has 2 heterocycles. The number of rotatable bonds is 6. The van der Waals surface area contributed by atoms with E-state index in [1.807, 2.05) is 26.0 Å². The molecule has 3 rings (SSSR count). The lowest BCUT2D eigenvalue weighted by Crippen LogP contribution is -2.39. The number of likely N-dealkylation sites (tertiary alicyclic amines) is 1. The van der Waals surface area contributed by atoms with Crippen molar-refractivity contribution in [2.45, 2.75) is 40.0 Å². The molecule has 0 radical (unpaired) electrons. The van der Waals surface area contributed by atoms with E-state index in [4.69, 9.17) is 4.74 Å². The molecule has 2 amide bonds. The van der Waals surface area contributed by atoms with Crippen LogP contribution in [0.4, 0.5) is 0 Å². The third kappa shape index (κ3) is 3.93. The number of imide groups is 1. The first-order valence-corrected chi connectivity index (χ1v) is 9.86. The summed E-state index contributed by atoms with van der Waals surface area (Å²) >= 11 is 0. The molecule has 5 nitrogen and oxygen atoms in total. The van der Waals surface area contributed by atoms with Crippen molar-refractivity contribution in [3.8, 4) is 0 Å². The molecule has 5 heteroatoms. The smallest absolute Gasteiger partial charge is 0.277 e. The van der Waals surface area contributed by atoms with E-state index < -0.39 is 0 Å². The van der Waals surface area contributed by atoms with Crippen molar-refractivity contribution in [1.29, 1.82) is 0 Å². The Hall–Kier alpha value is -2.14. The van der Waals surface area contributed by atoms with E-state index in [1.54, 1.807) is 7.11 Å². The van der Waals surface area contributed by atoms with Gasteiger partial charge in [0.1, 0.15) is 5.70 Å². The molecule has 0 bridgehead atoms. The molecule has 1 atom stereocenters. The van der Waals surface area contributed by atoms with Gasteiger partial charge in [-0.3, -0.25) is 14.5 Å². The van der Waals surface area contributed by atoms with Crippen molar-refractivity contribution in [1.82, 2.24) is 9.80 Å². The maximum absolute atomic E-state index is 13.3. The Labute approximate surface area is 162 Å². The van der Waals surface area contributed by atoms with Crippen LogP contribution in [-0.2, 0) is 14.3 Å². The fourth-order valence-electron chi connectivity index (χ4n) is 4.16. The second-order valence-electron chi connectivity index (χ2n) is 7.84. The van der Waals surface area contributed by atoms with Gasteiger partial charge in [-0.25, -0.2) is 0 Å². The van der Waals surface area contributed by atoms with E-state index in [0.29, 0.717) is 36.8 Å². The molecule has 1 unspecified atom stereocenters. The molecule has 0 saturated carbocycles. The molecule has 27 heavy (non-hydrogen) atoms. The monoisotopic (exact) mass is 370 g/mol. The van der Waals surface area contributed by atoms with Crippen LogP contribution in [0.3, 0.4) is 0 Å². The highest BCUT2D eigenvalue weighted by Gasteiger charge is 2.42. The highest BCUT2D eigenvalue weighted by atomic mass is 16.5. The van der Waals surface area contributed by atoms with Crippen LogP contribution in [0.2, 0.25) is 0 Å². The van der Waals surface area contributed by atoms with Gasteiger partial charge in [-0.15, -0.1) is 0 Å². The van der Waals surface area contributed by atoms with Crippen molar-refractivity contribution in [3.63, 3.8) is 0 Å². The molecule has 146 valence electrons. The maximum Gasteiger partial charge on any atom is 0.277 e. The first kappa shape index (κ1) is 19.6. The number of carbonyl (C=O) groups excluding carboxylic acids is 2. The summed E-state index contributed by atoms with van der Waals surface area (Å²) in [5.74, 6) is 0.202. The average Bonchev–Trinajstić information content (AvgIpc) is 2.86. The number of carbonyl (C=O) groups is 2. The summed E-state index contributed by atoms with van der Waals surface area (Å²) in [6.07, 6.45) is 2.87. The van der Waals surface area contributed by atoms with E-state index in [0.717, 1.165) is 36.2 Å². The first-order valence-electron chi connectivity index (χ1n) is 9.86. The van der Waals surface area contributed by atoms with Crippen LogP contribution in [-0.4, -0.2) is 55.0 Å².